The number of rotatable bonds is 10. The molecule has 1 aromatic carbocycles. The summed E-state index contributed by atoms with van der Waals surface area (Å²) in [5.74, 6) is -0.605. The highest BCUT2D eigenvalue weighted by atomic mass is 32.2. The molecule has 0 aliphatic carbocycles. The minimum absolute atomic E-state index is 0.160. The zero-order valence-corrected chi connectivity index (χ0v) is 21.3. The summed E-state index contributed by atoms with van der Waals surface area (Å²) in [5.41, 5.74) is 7.02. The van der Waals surface area contributed by atoms with E-state index in [2.05, 4.69) is 5.32 Å². The summed E-state index contributed by atoms with van der Waals surface area (Å²) in [4.78, 5) is 51.3. The Balaban J connectivity index is 1.30. The fourth-order valence-corrected chi connectivity index (χ4v) is 6.15. The third-order valence-corrected chi connectivity index (χ3v) is 7.95. The third kappa shape index (κ3) is 5.10. The molecule has 3 aliphatic rings. The molecule has 36 heavy (non-hydrogen) atoms. The van der Waals surface area contributed by atoms with E-state index in [1.54, 1.807) is 0 Å². The predicted molar refractivity (Wildman–Crippen MR) is 129 cm³/mol. The Bertz CT molecular complexity index is 1050. The molecule has 0 saturated carbocycles. The van der Waals surface area contributed by atoms with Crippen LogP contribution in [0.3, 0.4) is 0 Å². The average molecular weight is 522 g/mol. The number of fused-ring (bicyclic) bond motifs is 2. The second kappa shape index (κ2) is 10.6. The number of carbonyl (C=O) groups excluding carboxylic acids is 4. The summed E-state index contributed by atoms with van der Waals surface area (Å²) in [6.45, 7) is 5.15. The van der Waals surface area contributed by atoms with Crippen LogP contribution in [0.1, 0.15) is 45.6 Å². The monoisotopic (exact) mass is 521 g/mol. The van der Waals surface area contributed by atoms with E-state index in [0.717, 1.165) is 5.56 Å². The molecule has 1 unspecified atom stereocenters. The molecule has 2 amide bonds. The molecule has 0 radical (unpaired) electrons. The Hall–Kier alpha value is -2.99. The molecule has 3 heterocycles. The van der Waals surface area contributed by atoms with Crippen LogP contribution in [0.2, 0.25) is 0 Å². The van der Waals surface area contributed by atoms with Crippen LogP contribution in [-0.2, 0) is 35.1 Å². The summed E-state index contributed by atoms with van der Waals surface area (Å²) in [6, 6.07) is 3.08. The van der Waals surface area contributed by atoms with Gasteiger partial charge in [0.1, 0.15) is 17.5 Å². The number of amides is 2. The summed E-state index contributed by atoms with van der Waals surface area (Å²) >= 11 is 1.40. The van der Waals surface area contributed by atoms with Crippen molar-refractivity contribution in [2.75, 3.05) is 13.6 Å². The van der Waals surface area contributed by atoms with Crippen molar-refractivity contribution in [3.63, 3.8) is 0 Å². The molecule has 0 spiro atoms. The highest BCUT2D eigenvalue weighted by molar-refractivity contribution is 8.01. The molecule has 196 valence electrons. The van der Waals surface area contributed by atoms with Gasteiger partial charge in [0.05, 0.1) is 6.04 Å². The second-order valence-corrected chi connectivity index (χ2v) is 11.2. The zero-order chi connectivity index (χ0) is 26.0. The average Bonchev–Trinajstić information content (AvgIpc) is 3.41. The second-order valence-electron chi connectivity index (χ2n) is 9.39. The first kappa shape index (κ1) is 26.1. The molecule has 3 aliphatic heterocycles. The van der Waals surface area contributed by atoms with Crippen molar-refractivity contribution in [3.05, 3.63) is 23.8 Å². The minimum atomic E-state index is -0.867. The van der Waals surface area contributed by atoms with E-state index in [0.29, 0.717) is 30.8 Å². The number of benzene rings is 1. The van der Waals surface area contributed by atoms with E-state index in [1.807, 2.05) is 39.0 Å². The maximum atomic E-state index is 12.9. The minimum Gasteiger partial charge on any atom is -0.454 e. The van der Waals surface area contributed by atoms with Crippen molar-refractivity contribution < 1.29 is 38.1 Å². The molecule has 0 bridgehead atoms. The van der Waals surface area contributed by atoms with Gasteiger partial charge in [0.15, 0.2) is 11.5 Å². The summed E-state index contributed by atoms with van der Waals surface area (Å²) in [5, 5.41) is 2.32. The number of carbonyl (C=O) groups is 4. The van der Waals surface area contributed by atoms with Crippen molar-refractivity contribution in [3.8, 4) is 11.5 Å². The first-order valence-corrected chi connectivity index (χ1v) is 12.8. The third-order valence-electron chi connectivity index (χ3n) is 6.38. The highest BCUT2D eigenvalue weighted by Crippen LogP contribution is 2.51. The maximum absolute atomic E-state index is 12.9. The van der Waals surface area contributed by atoms with Gasteiger partial charge in [-0.2, -0.15) is 0 Å². The van der Waals surface area contributed by atoms with E-state index in [9.17, 15) is 19.2 Å². The number of nitrogens with one attached hydrogen (secondary N) is 1. The van der Waals surface area contributed by atoms with Crippen molar-refractivity contribution in [2.45, 2.75) is 74.7 Å². The lowest BCUT2D eigenvalue weighted by Crippen LogP contribution is -2.71. The molecule has 4 atom stereocenters. The first-order chi connectivity index (χ1) is 17.1. The van der Waals surface area contributed by atoms with Crippen LogP contribution < -0.4 is 20.5 Å². The Kier molecular flexibility index (Phi) is 7.65. The first-order valence-electron chi connectivity index (χ1n) is 11.9. The Morgan fingerprint density at radius 3 is 2.81 bits per heavy atom. The smallest absolute Gasteiger partial charge is 0.333 e. The van der Waals surface area contributed by atoms with Crippen LogP contribution in [0.5, 0.6) is 11.5 Å². The number of thioether (sulfide) groups is 1. The van der Waals surface area contributed by atoms with Gasteiger partial charge in [0.25, 0.3) is 0 Å². The van der Waals surface area contributed by atoms with Crippen LogP contribution in [0, 0.1) is 0 Å². The summed E-state index contributed by atoms with van der Waals surface area (Å²) < 4.78 is 20.2. The lowest BCUT2D eigenvalue weighted by Gasteiger charge is -2.44. The van der Waals surface area contributed by atoms with Gasteiger partial charge in [-0.3, -0.25) is 14.4 Å². The lowest BCUT2D eigenvalue weighted by atomic mass is 9.95. The number of β-lactam (4-membered cyclic amide) rings is 1. The van der Waals surface area contributed by atoms with Crippen molar-refractivity contribution in [2.24, 2.45) is 5.73 Å². The molecule has 2 saturated heterocycles. The number of nitrogens with zero attached hydrogens (tertiary/aromatic N) is 1. The van der Waals surface area contributed by atoms with Crippen molar-refractivity contribution >= 4 is 35.5 Å². The summed E-state index contributed by atoms with van der Waals surface area (Å²) in [6.07, 6.45) is 1.71. The molecule has 11 nitrogen and oxygen atoms in total. The molecular formula is C24H31N3O8S. The van der Waals surface area contributed by atoms with Gasteiger partial charge in [0, 0.05) is 11.2 Å². The van der Waals surface area contributed by atoms with Crippen LogP contribution in [-0.4, -0.2) is 70.5 Å². The van der Waals surface area contributed by atoms with Crippen LogP contribution in [0.25, 0.3) is 0 Å². The van der Waals surface area contributed by atoms with Crippen LogP contribution >= 0.6 is 11.8 Å². The molecule has 12 heteroatoms. The van der Waals surface area contributed by atoms with Crippen molar-refractivity contribution in [1.82, 2.24) is 10.2 Å². The Morgan fingerprint density at radius 1 is 1.28 bits per heavy atom. The van der Waals surface area contributed by atoms with E-state index < -0.39 is 52.9 Å². The maximum Gasteiger partial charge on any atom is 0.333 e. The van der Waals surface area contributed by atoms with Gasteiger partial charge in [-0.05, 0) is 44.7 Å². The fraction of sp³-hybridized carbons (Fsp3) is 0.583. The van der Waals surface area contributed by atoms with E-state index >= 15 is 0 Å². The number of aryl methyl sites for hydroxylation is 1. The molecule has 3 N–H and O–H groups in total. The van der Waals surface area contributed by atoms with Gasteiger partial charge in [-0.15, -0.1) is 11.8 Å². The van der Waals surface area contributed by atoms with Crippen molar-refractivity contribution in [1.29, 1.82) is 0 Å². The SMILES string of the molecule is CCCC(=O)OCOC(=O)[C@@H]1N2C(=O)[C@@H](NC(=O)C(N)CCc3cccc4c3OCO4)[C@H]2SC1(C)C. The molecular weight excluding hydrogens is 490 g/mol. The van der Waals surface area contributed by atoms with Gasteiger partial charge >= 0.3 is 11.9 Å². The van der Waals surface area contributed by atoms with E-state index in [4.69, 9.17) is 24.7 Å². The fourth-order valence-electron chi connectivity index (χ4n) is 4.52. The van der Waals surface area contributed by atoms with Gasteiger partial charge in [-0.25, -0.2) is 4.79 Å². The number of hydrogen-bond donors (Lipinski definition) is 2. The quantitative estimate of drug-likeness (QED) is 0.260. The largest absolute Gasteiger partial charge is 0.454 e. The van der Waals surface area contributed by atoms with Gasteiger partial charge in [-0.1, -0.05) is 19.1 Å². The summed E-state index contributed by atoms with van der Waals surface area (Å²) in [7, 11) is 0. The number of nitrogens with two attached hydrogens (primary N) is 1. The normalized spacial score (nSPS) is 23.9. The molecule has 4 rings (SSSR count). The van der Waals surface area contributed by atoms with Gasteiger partial charge in [0.2, 0.25) is 25.4 Å². The molecule has 1 aromatic rings. The highest BCUT2D eigenvalue weighted by Gasteiger charge is 2.64. The standard InChI is InChI=1S/C24H31N3O8S/c1-4-6-16(28)33-12-35-23(31)19-24(2,3)36-22-17(21(30)27(19)22)26-20(29)14(25)10-9-13-7-5-8-15-18(13)34-11-32-15/h5,7-8,14,17,19,22H,4,6,9-12,25H2,1-3H3,(H,26,29)/t14?,17-,19+,22-/m1/s1. The zero-order valence-electron chi connectivity index (χ0n) is 20.5. The number of ether oxygens (including phenoxy) is 4. The Labute approximate surface area is 213 Å². The van der Waals surface area contributed by atoms with Gasteiger partial charge < -0.3 is 34.9 Å². The number of esters is 2. The predicted octanol–water partition coefficient (Wildman–Crippen LogP) is 1.07. The van der Waals surface area contributed by atoms with Crippen LogP contribution in [0.4, 0.5) is 0 Å². The van der Waals surface area contributed by atoms with E-state index in [-0.39, 0.29) is 19.1 Å². The van der Waals surface area contributed by atoms with E-state index in [1.165, 1.54) is 16.7 Å². The number of hydrogen-bond acceptors (Lipinski definition) is 10. The Morgan fingerprint density at radius 2 is 2.06 bits per heavy atom. The lowest BCUT2D eigenvalue weighted by molar-refractivity contribution is -0.176. The van der Waals surface area contributed by atoms with Crippen LogP contribution in [0.15, 0.2) is 18.2 Å². The molecule has 0 aromatic heterocycles. The topological polar surface area (TPSA) is 146 Å². The number of para-hydroxylation sites is 1. The molecule has 2 fully saturated rings.